The van der Waals surface area contributed by atoms with Crippen LogP contribution in [-0.2, 0) is 11.3 Å². The lowest BCUT2D eigenvalue weighted by Gasteiger charge is -2.31. The number of methoxy groups -OCH3 is 2. The summed E-state index contributed by atoms with van der Waals surface area (Å²) >= 11 is 1.33. The number of aryl methyl sites for hydroxylation is 1. The maximum atomic E-state index is 12.9. The molecule has 2 aromatic heterocycles. The number of nitrogens with two attached hydrogens (primary N) is 1. The van der Waals surface area contributed by atoms with Gasteiger partial charge in [0, 0.05) is 13.7 Å². The van der Waals surface area contributed by atoms with Crippen LogP contribution in [0.25, 0.3) is 10.2 Å². The van der Waals surface area contributed by atoms with Gasteiger partial charge < -0.3 is 20.5 Å². The molecule has 2 aromatic rings. The first kappa shape index (κ1) is 19.6. The molecule has 0 aliphatic heterocycles. The highest BCUT2D eigenvalue weighted by Crippen LogP contribution is 2.35. The molecule has 7 nitrogen and oxygen atoms in total. The molecule has 0 radical (unpaired) electrons. The van der Waals surface area contributed by atoms with Crippen molar-refractivity contribution in [3.8, 4) is 5.88 Å². The Hall–Kier alpha value is -1.77. The third-order valence-electron chi connectivity index (χ3n) is 4.60. The number of hydrogen-bond donors (Lipinski definition) is 2. The van der Waals surface area contributed by atoms with Gasteiger partial charge >= 0.3 is 0 Å². The number of nitrogens with zero attached hydrogens (tertiary/aromatic N) is 2. The van der Waals surface area contributed by atoms with Crippen LogP contribution in [0.15, 0.2) is 0 Å². The van der Waals surface area contributed by atoms with Crippen molar-refractivity contribution in [2.45, 2.75) is 45.8 Å². The molecule has 2 heterocycles. The highest BCUT2D eigenvalue weighted by atomic mass is 32.1. The molecule has 0 spiro atoms. The van der Waals surface area contributed by atoms with Crippen LogP contribution in [-0.4, -0.2) is 42.2 Å². The van der Waals surface area contributed by atoms with Crippen molar-refractivity contribution in [2.75, 3.05) is 20.8 Å². The van der Waals surface area contributed by atoms with Crippen molar-refractivity contribution in [3.05, 3.63) is 16.3 Å². The SMILES string of the molecule is CCC(CC)(CN)NC(=O)c1sc2nc(COC)nc(OC)c2c1C. The van der Waals surface area contributed by atoms with Crippen LogP contribution >= 0.6 is 11.3 Å². The standard InChI is InChI=1S/C17H26N4O3S/c1-6-17(7-2,9-18)21-14(22)13-10(3)12-15(24-5)19-11(8-23-4)20-16(12)25-13/h6-9,18H2,1-5H3,(H,21,22). The van der Waals surface area contributed by atoms with Crippen LogP contribution in [0.2, 0.25) is 0 Å². The first-order valence-electron chi connectivity index (χ1n) is 8.30. The molecule has 8 heteroatoms. The van der Waals surface area contributed by atoms with Crippen molar-refractivity contribution in [2.24, 2.45) is 5.73 Å². The van der Waals surface area contributed by atoms with Gasteiger partial charge in [0.1, 0.15) is 11.4 Å². The van der Waals surface area contributed by atoms with Crippen LogP contribution in [0, 0.1) is 6.92 Å². The Balaban J connectivity index is 2.48. The molecule has 2 rings (SSSR count). The van der Waals surface area contributed by atoms with Gasteiger partial charge in [0.25, 0.3) is 5.91 Å². The Bertz CT molecular complexity index is 748. The van der Waals surface area contributed by atoms with E-state index in [9.17, 15) is 4.79 Å². The smallest absolute Gasteiger partial charge is 0.262 e. The summed E-state index contributed by atoms with van der Waals surface area (Å²) in [5, 5.41) is 3.88. The molecule has 0 saturated carbocycles. The van der Waals surface area contributed by atoms with Gasteiger partial charge in [0.05, 0.1) is 22.9 Å². The fraction of sp³-hybridized carbons (Fsp3) is 0.588. The molecular formula is C17H26N4O3S. The lowest BCUT2D eigenvalue weighted by Crippen LogP contribution is -2.52. The zero-order chi connectivity index (χ0) is 18.6. The zero-order valence-corrected chi connectivity index (χ0v) is 16.2. The summed E-state index contributed by atoms with van der Waals surface area (Å²) in [6.07, 6.45) is 1.55. The molecular weight excluding hydrogens is 340 g/mol. The van der Waals surface area contributed by atoms with Gasteiger partial charge in [-0.05, 0) is 25.3 Å². The Kier molecular flexibility index (Phi) is 6.31. The molecule has 0 aromatic carbocycles. The third-order valence-corrected chi connectivity index (χ3v) is 5.78. The van der Waals surface area contributed by atoms with E-state index in [-0.39, 0.29) is 12.5 Å². The Morgan fingerprint density at radius 2 is 1.96 bits per heavy atom. The monoisotopic (exact) mass is 366 g/mol. The topological polar surface area (TPSA) is 99.4 Å². The Morgan fingerprint density at radius 3 is 2.48 bits per heavy atom. The number of nitrogens with one attached hydrogen (secondary N) is 1. The average molecular weight is 366 g/mol. The quantitative estimate of drug-likeness (QED) is 0.744. The number of fused-ring (bicyclic) bond motifs is 1. The van der Waals surface area contributed by atoms with Gasteiger partial charge in [-0.2, -0.15) is 4.98 Å². The lowest BCUT2D eigenvalue weighted by molar-refractivity contribution is 0.0899. The average Bonchev–Trinajstić information content (AvgIpc) is 2.96. The third kappa shape index (κ3) is 3.75. The second kappa shape index (κ2) is 8.07. The second-order valence-corrected chi connectivity index (χ2v) is 6.96. The van der Waals surface area contributed by atoms with E-state index in [1.165, 1.54) is 11.3 Å². The van der Waals surface area contributed by atoms with Gasteiger partial charge in [-0.15, -0.1) is 11.3 Å². The van der Waals surface area contributed by atoms with Gasteiger partial charge in [-0.3, -0.25) is 4.79 Å². The van der Waals surface area contributed by atoms with E-state index >= 15 is 0 Å². The molecule has 25 heavy (non-hydrogen) atoms. The maximum absolute atomic E-state index is 12.9. The number of aromatic nitrogens is 2. The first-order chi connectivity index (χ1) is 11.9. The van der Waals surface area contributed by atoms with E-state index < -0.39 is 5.54 Å². The highest BCUT2D eigenvalue weighted by Gasteiger charge is 2.29. The fourth-order valence-electron chi connectivity index (χ4n) is 2.77. The summed E-state index contributed by atoms with van der Waals surface area (Å²) in [5.74, 6) is 0.851. The van der Waals surface area contributed by atoms with E-state index in [2.05, 4.69) is 15.3 Å². The molecule has 3 N–H and O–H groups in total. The van der Waals surface area contributed by atoms with Crippen molar-refractivity contribution in [1.82, 2.24) is 15.3 Å². The summed E-state index contributed by atoms with van der Waals surface area (Å²) in [6.45, 7) is 6.63. The molecule has 0 aliphatic rings. The normalized spacial score (nSPS) is 11.8. The molecule has 0 bridgehead atoms. The number of amides is 1. The summed E-state index contributed by atoms with van der Waals surface area (Å²) < 4.78 is 10.5. The molecule has 0 aliphatic carbocycles. The van der Waals surface area contributed by atoms with E-state index in [1.54, 1.807) is 14.2 Å². The number of hydrogen-bond acceptors (Lipinski definition) is 7. The summed E-state index contributed by atoms with van der Waals surface area (Å²) in [5.41, 5.74) is 6.32. The van der Waals surface area contributed by atoms with E-state index in [0.29, 0.717) is 28.0 Å². The predicted octanol–water partition coefficient (Wildman–Crippen LogP) is 2.40. The number of carbonyl (C=O) groups is 1. The number of thiophene rings is 1. The van der Waals surface area contributed by atoms with Gasteiger partial charge in [-0.1, -0.05) is 13.8 Å². The van der Waals surface area contributed by atoms with Crippen LogP contribution in [0.3, 0.4) is 0 Å². The Labute approximate surface area is 151 Å². The van der Waals surface area contributed by atoms with E-state index in [4.69, 9.17) is 15.2 Å². The molecule has 0 unspecified atom stereocenters. The van der Waals surface area contributed by atoms with Gasteiger partial charge in [0.15, 0.2) is 5.82 Å². The zero-order valence-electron chi connectivity index (χ0n) is 15.4. The molecule has 0 atom stereocenters. The lowest BCUT2D eigenvalue weighted by atomic mass is 9.93. The number of rotatable bonds is 8. The van der Waals surface area contributed by atoms with Crippen LogP contribution in [0.1, 0.15) is 47.7 Å². The van der Waals surface area contributed by atoms with Gasteiger partial charge in [-0.25, -0.2) is 4.98 Å². The summed E-state index contributed by atoms with van der Waals surface area (Å²) in [7, 11) is 3.14. The number of carbonyl (C=O) groups excluding carboxylic acids is 1. The van der Waals surface area contributed by atoms with E-state index in [0.717, 1.165) is 23.8 Å². The van der Waals surface area contributed by atoms with Crippen molar-refractivity contribution in [1.29, 1.82) is 0 Å². The first-order valence-corrected chi connectivity index (χ1v) is 9.12. The second-order valence-electron chi connectivity index (χ2n) is 5.96. The minimum absolute atomic E-state index is 0.134. The minimum atomic E-state index is -0.392. The molecule has 0 saturated heterocycles. The predicted molar refractivity (Wildman–Crippen MR) is 99.3 cm³/mol. The number of ether oxygens (including phenoxy) is 2. The minimum Gasteiger partial charge on any atom is -0.480 e. The molecule has 0 fully saturated rings. The molecule has 1 amide bonds. The summed E-state index contributed by atoms with van der Waals surface area (Å²) in [4.78, 5) is 23.0. The van der Waals surface area contributed by atoms with Crippen molar-refractivity contribution < 1.29 is 14.3 Å². The van der Waals surface area contributed by atoms with E-state index in [1.807, 2.05) is 20.8 Å². The van der Waals surface area contributed by atoms with Crippen molar-refractivity contribution in [3.63, 3.8) is 0 Å². The summed E-state index contributed by atoms with van der Waals surface area (Å²) in [6, 6.07) is 0. The van der Waals surface area contributed by atoms with Crippen LogP contribution < -0.4 is 15.8 Å². The molecule has 138 valence electrons. The van der Waals surface area contributed by atoms with Crippen molar-refractivity contribution >= 4 is 27.5 Å². The van der Waals surface area contributed by atoms with Gasteiger partial charge in [0.2, 0.25) is 5.88 Å². The van der Waals surface area contributed by atoms with Crippen LogP contribution in [0.4, 0.5) is 0 Å². The Morgan fingerprint density at radius 1 is 1.28 bits per heavy atom. The van der Waals surface area contributed by atoms with Crippen LogP contribution in [0.5, 0.6) is 5.88 Å². The maximum Gasteiger partial charge on any atom is 0.262 e. The highest BCUT2D eigenvalue weighted by molar-refractivity contribution is 7.20. The fourth-order valence-corrected chi connectivity index (χ4v) is 3.85. The largest absolute Gasteiger partial charge is 0.480 e.